The maximum Gasteiger partial charge on any atom is 0.222 e. The van der Waals surface area contributed by atoms with Gasteiger partial charge >= 0.3 is 0 Å². The van der Waals surface area contributed by atoms with Gasteiger partial charge in [-0.15, -0.1) is 0 Å². The second kappa shape index (κ2) is 6.70. The molecule has 100 valence electrons. The molecule has 0 saturated carbocycles. The second-order valence-corrected chi connectivity index (χ2v) is 3.90. The van der Waals surface area contributed by atoms with E-state index in [1.54, 1.807) is 12.4 Å². The van der Waals surface area contributed by atoms with Crippen LogP contribution in [0.5, 0.6) is 5.75 Å². The molecule has 2 aromatic rings. The summed E-state index contributed by atoms with van der Waals surface area (Å²) in [6, 6.07) is 7.81. The van der Waals surface area contributed by atoms with Crippen LogP contribution in [0, 0.1) is 0 Å². The van der Waals surface area contributed by atoms with Crippen molar-refractivity contribution in [2.24, 2.45) is 0 Å². The number of benzene rings is 1. The van der Waals surface area contributed by atoms with Gasteiger partial charge in [0.05, 0.1) is 13.2 Å². The van der Waals surface area contributed by atoms with Gasteiger partial charge in [-0.05, 0) is 24.6 Å². The second-order valence-electron chi connectivity index (χ2n) is 3.90. The van der Waals surface area contributed by atoms with Gasteiger partial charge in [0.1, 0.15) is 5.75 Å². The first-order valence-electron chi connectivity index (χ1n) is 6.23. The fourth-order valence-electron chi connectivity index (χ4n) is 1.65. The number of aromatic nitrogens is 2. The van der Waals surface area contributed by atoms with Crippen molar-refractivity contribution in [2.45, 2.75) is 6.92 Å². The number of hydrogen-bond acceptors (Lipinski definition) is 5. The molecule has 19 heavy (non-hydrogen) atoms. The van der Waals surface area contributed by atoms with Crippen LogP contribution in [0.4, 0.5) is 5.95 Å². The molecular formula is C14H17N3O2. The first-order chi connectivity index (χ1) is 9.33. The predicted octanol–water partition coefficient (Wildman–Crippen LogP) is 1.95. The van der Waals surface area contributed by atoms with Gasteiger partial charge in [0.25, 0.3) is 0 Å². The van der Waals surface area contributed by atoms with E-state index in [0.717, 1.165) is 16.9 Å². The van der Waals surface area contributed by atoms with Crippen molar-refractivity contribution in [3.63, 3.8) is 0 Å². The van der Waals surface area contributed by atoms with E-state index in [0.29, 0.717) is 19.1 Å². The van der Waals surface area contributed by atoms with Gasteiger partial charge in [-0.2, -0.15) is 0 Å². The zero-order valence-corrected chi connectivity index (χ0v) is 10.8. The number of ether oxygens (including phenoxy) is 1. The highest BCUT2D eigenvalue weighted by atomic mass is 16.5. The summed E-state index contributed by atoms with van der Waals surface area (Å²) in [6.07, 6.45) is 3.50. The lowest BCUT2D eigenvalue weighted by Gasteiger charge is -2.06. The van der Waals surface area contributed by atoms with Crippen LogP contribution in [0.2, 0.25) is 0 Å². The molecule has 0 amide bonds. The highest BCUT2D eigenvalue weighted by Gasteiger charge is 2.01. The Morgan fingerprint density at radius 3 is 2.37 bits per heavy atom. The lowest BCUT2D eigenvalue weighted by Crippen LogP contribution is -2.08. The van der Waals surface area contributed by atoms with E-state index in [4.69, 9.17) is 9.84 Å². The summed E-state index contributed by atoms with van der Waals surface area (Å²) in [5.41, 5.74) is 1.98. The van der Waals surface area contributed by atoms with Gasteiger partial charge in [-0.3, -0.25) is 0 Å². The molecule has 5 nitrogen and oxygen atoms in total. The Labute approximate surface area is 112 Å². The van der Waals surface area contributed by atoms with Gasteiger partial charge < -0.3 is 15.2 Å². The number of nitrogens with one attached hydrogen (secondary N) is 1. The number of rotatable bonds is 6. The Balaban J connectivity index is 2.08. The minimum atomic E-state index is 0.0595. The summed E-state index contributed by atoms with van der Waals surface area (Å²) < 4.78 is 5.40. The zero-order valence-electron chi connectivity index (χ0n) is 10.8. The van der Waals surface area contributed by atoms with Crippen molar-refractivity contribution in [1.82, 2.24) is 9.97 Å². The Kier molecular flexibility index (Phi) is 4.69. The third-order valence-electron chi connectivity index (χ3n) is 2.55. The van der Waals surface area contributed by atoms with Gasteiger partial charge in [0.2, 0.25) is 5.95 Å². The van der Waals surface area contributed by atoms with Crippen molar-refractivity contribution in [1.29, 1.82) is 0 Å². The highest BCUT2D eigenvalue weighted by Crippen LogP contribution is 2.21. The van der Waals surface area contributed by atoms with Crippen molar-refractivity contribution in [3.8, 4) is 16.9 Å². The van der Waals surface area contributed by atoms with E-state index in [9.17, 15) is 0 Å². The Morgan fingerprint density at radius 1 is 1.11 bits per heavy atom. The summed E-state index contributed by atoms with van der Waals surface area (Å²) in [5, 5.41) is 11.6. The largest absolute Gasteiger partial charge is 0.494 e. The molecule has 0 bridgehead atoms. The molecule has 2 N–H and O–H groups in total. The van der Waals surface area contributed by atoms with Crippen LogP contribution >= 0.6 is 0 Å². The topological polar surface area (TPSA) is 67.3 Å². The normalized spacial score (nSPS) is 10.2. The molecular weight excluding hydrogens is 242 g/mol. The molecule has 0 fully saturated rings. The fourth-order valence-corrected chi connectivity index (χ4v) is 1.65. The molecule has 0 saturated heterocycles. The van der Waals surface area contributed by atoms with E-state index in [-0.39, 0.29) is 6.61 Å². The first kappa shape index (κ1) is 13.3. The van der Waals surface area contributed by atoms with E-state index >= 15 is 0 Å². The van der Waals surface area contributed by atoms with Crippen molar-refractivity contribution in [2.75, 3.05) is 25.1 Å². The number of anilines is 1. The van der Waals surface area contributed by atoms with Gasteiger partial charge in [-0.25, -0.2) is 9.97 Å². The molecule has 0 spiro atoms. The van der Waals surface area contributed by atoms with Crippen LogP contribution in [0.25, 0.3) is 11.1 Å². The van der Waals surface area contributed by atoms with Crippen molar-refractivity contribution in [3.05, 3.63) is 36.7 Å². The molecule has 2 rings (SSSR count). The number of nitrogens with zero attached hydrogens (tertiary/aromatic N) is 2. The van der Waals surface area contributed by atoms with E-state index in [1.807, 2.05) is 31.2 Å². The summed E-state index contributed by atoms with van der Waals surface area (Å²) in [6.45, 7) is 3.12. The molecule has 0 radical (unpaired) electrons. The summed E-state index contributed by atoms with van der Waals surface area (Å²) >= 11 is 0. The molecule has 0 aliphatic heterocycles. The van der Waals surface area contributed by atoms with Crippen LogP contribution in [0.15, 0.2) is 36.7 Å². The van der Waals surface area contributed by atoms with Gasteiger partial charge in [-0.1, -0.05) is 12.1 Å². The lowest BCUT2D eigenvalue weighted by atomic mass is 10.1. The van der Waals surface area contributed by atoms with Gasteiger partial charge in [0.15, 0.2) is 0 Å². The summed E-state index contributed by atoms with van der Waals surface area (Å²) in [4.78, 5) is 8.37. The van der Waals surface area contributed by atoms with E-state index < -0.39 is 0 Å². The quantitative estimate of drug-likeness (QED) is 0.830. The molecule has 0 aliphatic carbocycles. The SMILES string of the molecule is CCOc1ccc(-c2cnc(NCCO)nc2)cc1. The van der Waals surface area contributed by atoms with E-state index in [2.05, 4.69) is 15.3 Å². The minimum absolute atomic E-state index is 0.0595. The van der Waals surface area contributed by atoms with Crippen LogP contribution < -0.4 is 10.1 Å². The molecule has 0 atom stereocenters. The molecule has 1 aromatic carbocycles. The maximum absolute atomic E-state index is 8.70. The average Bonchev–Trinajstić information content (AvgIpc) is 2.47. The standard InChI is InChI=1S/C14H17N3O2/c1-2-19-13-5-3-11(4-6-13)12-9-16-14(17-10-12)15-7-8-18/h3-6,9-10,18H,2,7-8H2,1H3,(H,15,16,17). The molecule has 1 heterocycles. The molecule has 0 unspecified atom stereocenters. The Hall–Kier alpha value is -2.14. The number of aliphatic hydroxyl groups excluding tert-OH is 1. The van der Waals surface area contributed by atoms with Gasteiger partial charge in [0, 0.05) is 24.5 Å². The Bertz CT molecular complexity index is 497. The zero-order chi connectivity index (χ0) is 13.5. The highest BCUT2D eigenvalue weighted by molar-refractivity contribution is 5.62. The van der Waals surface area contributed by atoms with E-state index in [1.165, 1.54) is 0 Å². The lowest BCUT2D eigenvalue weighted by molar-refractivity contribution is 0.311. The average molecular weight is 259 g/mol. The van der Waals surface area contributed by atoms with Crippen molar-refractivity contribution < 1.29 is 9.84 Å². The maximum atomic E-state index is 8.70. The monoisotopic (exact) mass is 259 g/mol. The van der Waals surface area contributed by atoms with Crippen LogP contribution in [0.1, 0.15) is 6.92 Å². The predicted molar refractivity (Wildman–Crippen MR) is 74.2 cm³/mol. The number of hydrogen-bond donors (Lipinski definition) is 2. The van der Waals surface area contributed by atoms with Crippen LogP contribution in [0.3, 0.4) is 0 Å². The Morgan fingerprint density at radius 2 is 1.79 bits per heavy atom. The van der Waals surface area contributed by atoms with Crippen LogP contribution in [-0.2, 0) is 0 Å². The van der Waals surface area contributed by atoms with Crippen LogP contribution in [-0.4, -0.2) is 34.8 Å². The fraction of sp³-hybridized carbons (Fsp3) is 0.286. The summed E-state index contributed by atoms with van der Waals surface area (Å²) in [5.74, 6) is 1.37. The molecule has 0 aliphatic rings. The molecule has 5 heteroatoms. The third kappa shape index (κ3) is 3.66. The summed E-state index contributed by atoms with van der Waals surface area (Å²) in [7, 11) is 0. The number of aliphatic hydroxyl groups is 1. The molecule has 1 aromatic heterocycles. The third-order valence-corrected chi connectivity index (χ3v) is 2.55. The first-order valence-corrected chi connectivity index (χ1v) is 6.23. The minimum Gasteiger partial charge on any atom is -0.494 e. The van der Waals surface area contributed by atoms with Crippen molar-refractivity contribution >= 4 is 5.95 Å². The smallest absolute Gasteiger partial charge is 0.222 e.